The monoisotopic (exact) mass is 854 g/mol. The van der Waals surface area contributed by atoms with Crippen molar-refractivity contribution in [3.63, 3.8) is 0 Å². The summed E-state index contributed by atoms with van der Waals surface area (Å²) in [6.45, 7) is 18.8. The first-order valence-electron chi connectivity index (χ1n) is 18.2. The van der Waals surface area contributed by atoms with Crippen LogP contribution in [0.15, 0.2) is 130 Å². The minimum absolute atomic E-state index is 0. The van der Waals surface area contributed by atoms with Gasteiger partial charge in [0.15, 0.2) is 0 Å². The molecule has 0 saturated heterocycles. The van der Waals surface area contributed by atoms with Gasteiger partial charge in [-0.1, -0.05) is 0 Å². The Labute approximate surface area is 343 Å². The molecule has 5 aromatic rings. The van der Waals surface area contributed by atoms with Crippen molar-refractivity contribution in [3.8, 4) is 11.1 Å². The van der Waals surface area contributed by atoms with Gasteiger partial charge in [0.2, 0.25) is 0 Å². The summed E-state index contributed by atoms with van der Waals surface area (Å²) in [7, 11) is 0. The maximum absolute atomic E-state index is 6.52. The predicted molar refractivity (Wildman–Crippen MR) is 221 cm³/mol. The Hall–Kier alpha value is -2.64. The quantitative estimate of drug-likeness (QED) is 0.172. The van der Waals surface area contributed by atoms with Gasteiger partial charge < -0.3 is 24.8 Å². The standard InChI is InChI=1S/C21H25.C13H13.2C7H5Cl.2ClH.Zr/c1-20(2,3)16-9-7-14-11-15-8-10-17(21(4,5)6)13-19(15)18(14)12-16;1-10-8-11(2)13(9-10)12-6-4-3-5-7-12;2*1-6-2-4-7(8)5-3-6;;;/h7-13H,1-6H3;3-7,9-10H,1-2H3;2*1-5H;2*1H;/q;;;;;;+2/p-2. The Bertz CT molecular complexity index is 2200. The van der Waals surface area contributed by atoms with E-state index in [1.807, 2.05) is 24.3 Å². The van der Waals surface area contributed by atoms with Crippen LogP contribution in [0, 0.1) is 5.92 Å². The zero-order chi connectivity index (χ0) is 36.3. The summed E-state index contributed by atoms with van der Waals surface area (Å²) in [5.74, 6) is 0.276. The largest absolute Gasteiger partial charge is 1.00 e. The summed E-state index contributed by atoms with van der Waals surface area (Å²) in [6, 6.07) is 42.8. The second-order valence-corrected chi connectivity index (χ2v) is 26.3. The number of halogens is 4. The van der Waals surface area contributed by atoms with Crippen LogP contribution in [-0.4, -0.2) is 7.42 Å². The molecule has 1 atom stereocenters. The van der Waals surface area contributed by atoms with E-state index in [9.17, 15) is 0 Å². The van der Waals surface area contributed by atoms with Crippen molar-refractivity contribution < 1.29 is 44.1 Å². The normalized spacial score (nSPS) is 15.0. The molecular formula is C48H48Cl4Zr. The first-order chi connectivity index (χ1) is 24.2. The van der Waals surface area contributed by atoms with Crippen molar-refractivity contribution in [3.05, 3.63) is 179 Å². The SMILES string of the molecule is CC1=[C]([Zr+2](=[CH]c2ccc(Cl)cc2)(=[CH]c2ccc(Cl)cc2)[CH]2c3ccc(C(C)(C)C)cc3-c3cc(C(C)(C)C)ccc32)C(C)C=C1c1ccccc1.[Cl-].[Cl-]. The third-order valence-electron chi connectivity index (χ3n) is 11.0. The smallest absolute Gasteiger partial charge is 1.00 e. The van der Waals surface area contributed by atoms with Gasteiger partial charge in [-0.25, -0.2) is 0 Å². The van der Waals surface area contributed by atoms with Crippen molar-refractivity contribution >= 4 is 36.2 Å². The number of hydrogen-bond donors (Lipinski definition) is 0. The predicted octanol–water partition coefficient (Wildman–Crippen LogP) is 7.53. The van der Waals surface area contributed by atoms with Gasteiger partial charge in [0, 0.05) is 0 Å². The van der Waals surface area contributed by atoms with E-state index in [1.54, 1.807) is 3.28 Å². The first kappa shape index (κ1) is 41.5. The molecule has 0 bridgehead atoms. The van der Waals surface area contributed by atoms with E-state index in [4.69, 9.17) is 23.2 Å². The molecule has 2 aliphatic rings. The summed E-state index contributed by atoms with van der Waals surface area (Å²) in [4.78, 5) is 0. The minimum atomic E-state index is -4.07. The van der Waals surface area contributed by atoms with Crippen LogP contribution in [0.2, 0.25) is 10.0 Å². The third kappa shape index (κ3) is 8.04. The minimum Gasteiger partial charge on any atom is -1.00 e. The van der Waals surface area contributed by atoms with Crippen LogP contribution in [0.3, 0.4) is 0 Å². The molecule has 5 aromatic carbocycles. The van der Waals surface area contributed by atoms with Crippen LogP contribution >= 0.6 is 23.2 Å². The zero-order valence-corrected chi connectivity index (χ0v) is 37.4. The van der Waals surface area contributed by atoms with Crippen LogP contribution in [0.5, 0.6) is 0 Å². The maximum atomic E-state index is 6.52. The molecule has 0 saturated carbocycles. The van der Waals surface area contributed by atoms with Crippen LogP contribution in [0.25, 0.3) is 16.7 Å². The van der Waals surface area contributed by atoms with E-state index in [0.29, 0.717) is 0 Å². The van der Waals surface area contributed by atoms with Crippen LogP contribution in [0.1, 0.15) is 98.0 Å². The molecule has 0 fully saturated rings. The van der Waals surface area contributed by atoms with Gasteiger partial charge in [0.05, 0.1) is 0 Å². The topological polar surface area (TPSA) is 0 Å². The van der Waals surface area contributed by atoms with Gasteiger partial charge in [0.25, 0.3) is 0 Å². The molecular weight excluding hydrogens is 810 g/mol. The molecule has 272 valence electrons. The Morgan fingerprint density at radius 1 is 0.585 bits per heavy atom. The molecule has 0 radical (unpaired) electrons. The van der Waals surface area contributed by atoms with Gasteiger partial charge in [-0.2, -0.15) is 0 Å². The number of rotatable bonds is 5. The molecule has 5 heteroatoms. The molecule has 2 aliphatic carbocycles. The van der Waals surface area contributed by atoms with Crippen LogP contribution in [-0.2, 0) is 30.1 Å². The van der Waals surface area contributed by atoms with Gasteiger partial charge >= 0.3 is 322 Å². The fraction of sp³-hybridized carbons (Fsp3) is 0.250. The fourth-order valence-electron chi connectivity index (χ4n) is 8.48. The summed E-state index contributed by atoms with van der Waals surface area (Å²) >= 11 is 8.96. The third-order valence-corrected chi connectivity index (χ3v) is 23.7. The molecule has 0 amide bonds. The van der Waals surface area contributed by atoms with Crippen molar-refractivity contribution in [2.45, 2.75) is 69.8 Å². The summed E-state index contributed by atoms with van der Waals surface area (Å²) in [5.41, 5.74) is 15.0. The van der Waals surface area contributed by atoms with Crippen molar-refractivity contribution in [2.24, 2.45) is 5.92 Å². The average molecular weight is 858 g/mol. The van der Waals surface area contributed by atoms with E-state index in [1.165, 1.54) is 61.2 Å². The summed E-state index contributed by atoms with van der Waals surface area (Å²) < 4.78 is 7.30. The Balaban J connectivity index is 0.00000271. The van der Waals surface area contributed by atoms with Crippen LogP contribution in [0.4, 0.5) is 0 Å². The maximum Gasteiger partial charge on any atom is -1.00 e. The molecule has 0 nitrogen and oxygen atoms in total. The number of hydrogen-bond acceptors (Lipinski definition) is 0. The van der Waals surface area contributed by atoms with E-state index >= 15 is 0 Å². The molecule has 0 heterocycles. The van der Waals surface area contributed by atoms with Gasteiger partial charge in [0.1, 0.15) is 0 Å². The molecule has 1 unspecified atom stereocenters. The second-order valence-electron chi connectivity index (χ2n) is 16.6. The van der Waals surface area contributed by atoms with Crippen molar-refractivity contribution in [1.29, 1.82) is 0 Å². The van der Waals surface area contributed by atoms with E-state index in [-0.39, 0.29) is 45.2 Å². The number of allylic oxidation sites excluding steroid dienone is 4. The Morgan fingerprint density at radius 3 is 1.43 bits per heavy atom. The molecule has 53 heavy (non-hydrogen) atoms. The molecule has 7 rings (SSSR count). The van der Waals surface area contributed by atoms with E-state index in [2.05, 4.69) is 160 Å². The van der Waals surface area contributed by atoms with Crippen molar-refractivity contribution in [1.82, 2.24) is 0 Å². The second kappa shape index (κ2) is 15.8. The summed E-state index contributed by atoms with van der Waals surface area (Å²) in [6.07, 6.45) is 2.53. The fourth-order valence-corrected chi connectivity index (χ4v) is 22.8. The number of benzene rings is 5. The van der Waals surface area contributed by atoms with E-state index in [0.717, 1.165) is 10.0 Å². The zero-order valence-electron chi connectivity index (χ0n) is 31.9. The molecule has 0 aromatic heterocycles. The first-order valence-corrected chi connectivity index (χ1v) is 24.4. The molecule has 0 N–H and O–H groups in total. The van der Waals surface area contributed by atoms with Gasteiger partial charge in [-0.05, 0) is 0 Å². The average Bonchev–Trinajstić information content (AvgIpc) is 3.59. The van der Waals surface area contributed by atoms with E-state index < -0.39 is 19.3 Å². The van der Waals surface area contributed by atoms with Crippen LogP contribution < -0.4 is 24.8 Å². The van der Waals surface area contributed by atoms with Gasteiger partial charge in [-0.3, -0.25) is 0 Å². The Morgan fingerprint density at radius 2 is 1.02 bits per heavy atom. The van der Waals surface area contributed by atoms with Gasteiger partial charge in [-0.15, -0.1) is 0 Å². The number of fused-ring (bicyclic) bond motifs is 3. The Kier molecular flexibility index (Phi) is 12.4. The summed E-state index contributed by atoms with van der Waals surface area (Å²) in [5, 5.41) is 1.52. The van der Waals surface area contributed by atoms with Crippen molar-refractivity contribution in [2.75, 3.05) is 0 Å². The molecule has 0 spiro atoms. The molecule has 0 aliphatic heterocycles.